The zero-order valence-corrected chi connectivity index (χ0v) is 12.9. The largest absolute Gasteiger partial charge is 0.387 e. The molecule has 1 amide bonds. The van der Waals surface area contributed by atoms with Crippen LogP contribution in [0.4, 0.5) is 0 Å². The van der Waals surface area contributed by atoms with Crippen LogP contribution in [0.15, 0.2) is 24.3 Å². The van der Waals surface area contributed by atoms with E-state index in [9.17, 15) is 9.90 Å². The van der Waals surface area contributed by atoms with E-state index in [0.717, 1.165) is 10.9 Å². The summed E-state index contributed by atoms with van der Waals surface area (Å²) in [6.45, 7) is 1.91. The first kappa shape index (κ1) is 15.2. The first-order chi connectivity index (χ1) is 9.41. The SMILES string of the molecule is CSCC(C)(O)CNC(=O)c1cc2ccc(Cl)cc2[nH]1. The molecule has 0 aliphatic heterocycles. The number of hydrogen-bond donors (Lipinski definition) is 3. The quantitative estimate of drug-likeness (QED) is 0.795. The molecule has 2 aromatic rings. The van der Waals surface area contributed by atoms with Gasteiger partial charge in [-0.1, -0.05) is 17.7 Å². The number of hydrogen-bond acceptors (Lipinski definition) is 3. The number of fused-ring (bicyclic) bond motifs is 1. The van der Waals surface area contributed by atoms with Crippen molar-refractivity contribution < 1.29 is 9.90 Å². The molecule has 1 aromatic carbocycles. The van der Waals surface area contributed by atoms with Gasteiger partial charge in [-0.15, -0.1) is 0 Å². The third kappa shape index (κ3) is 3.69. The highest BCUT2D eigenvalue weighted by Gasteiger charge is 2.21. The van der Waals surface area contributed by atoms with Gasteiger partial charge in [-0.05, 0) is 31.4 Å². The lowest BCUT2D eigenvalue weighted by Crippen LogP contribution is -2.42. The van der Waals surface area contributed by atoms with E-state index < -0.39 is 5.60 Å². The number of aliphatic hydroxyl groups is 1. The zero-order chi connectivity index (χ0) is 14.8. The third-order valence-corrected chi connectivity index (χ3v) is 4.06. The summed E-state index contributed by atoms with van der Waals surface area (Å²) in [5.41, 5.74) is 0.366. The predicted molar refractivity (Wildman–Crippen MR) is 84.6 cm³/mol. The van der Waals surface area contributed by atoms with Crippen molar-refractivity contribution in [3.05, 3.63) is 35.0 Å². The van der Waals surface area contributed by atoms with Crippen LogP contribution in [0.1, 0.15) is 17.4 Å². The number of thioether (sulfide) groups is 1. The van der Waals surface area contributed by atoms with Crippen molar-refractivity contribution in [2.45, 2.75) is 12.5 Å². The molecule has 1 atom stereocenters. The molecule has 0 aliphatic rings. The average molecular weight is 313 g/mol. The van der Waals surface area contributed by atoms with Gasteiger partial charge in [0.25, 0.3) is 5.91 Å². The molecule has 1 heterocycles. The molecule has 1 aromatic heterocycles. The topological polar surface area (TPSA) is 65.1 Å². The van der Waals surface area contributed by atoms with Crippen LogP contribution in [0.25, 0.3) is 10.9 Å². The minimum atomic E-state index is -0.912. The molecule has 6 heteroatoms. The lowest BCUT2D eigenvalue weighted by molar-refractivity contribution is 0.0723. The first-order valence-corrected chi connectivity index (χ1v) is 7.96. The molecule has 20 heavy (non-hydrogen) atoms. The maximum Gasteiger partial charge on any atom is 0.267 e. The Morgan fingerprint density at radius 3 is 2.95 bits per heavy atom. The predicted octanol–water partition coefficient (Wildman–Crippen LogP) is 2.67. The minimum absolute atomic E-state index is 0.211. The van der Waals surface area contributed by atoms with Crippen molar-refractivity contribution in [2.75, 3.05) is 18.6 Å². The van der Waals surface area contributed by atoms with E-state index in [1.165, 1.54) is 11.8 Å². The number of aromatic amines is 1. The molecule has 0 radical (unpaired) electrons. The summed E-state index contributed by atoms with van der Waals surface area (Å²) in [7, 11) is 0. The van der Waals surface area contributed by atoms with Gasteiger partial charge in [0.15, 0.2) is 0 Å². The number of nitrogens with one attached hydrogen (secondary N) is 2. The molecule has 4 nitrogen and oxygen atoms in total. The van der Waals surface area contributed by atoms with Gasteiger partial charge < -0.3 is 15.4 Å². The van der Waals surface area contributed by atoms with Crippen molar-refractivity contribution in [3.8, 4) is 0 Å². The molecule has 0 fully saturated rings. The lowest BCUT2D eigenvalue weighted by atomic mass is 10.1. The van der Waals surface area contributed by atoms with Gasteiger partial charge in [0.05, 0.1) is 5.60 Å². The Morgan fingerprint density at radius 1 is 1.50 bits per heavy atom. The highest BCUT2D eigenvalue weighted by molar-refractivity contribution is 7.98. The summed E-state index contributed by atoms with van der Waals surface area (Å²) in [5.74, 6) is 0.328. The molecule has 0 spiro atoms. The molecule has 0 bridgehead atoms. The molecule has 3 N–H and O–H groups in total. The van der Waals surface area contributed by atoms with Crippen LogP contribution in [0, 0.1) is 0 Å². The first-order valence-electron chi connectivity index (χ1n) is 6.19. The normalized spacial score (nSPS) is 14.2. The summed E-state index contributed by atoms with van der Waals surface area (Å²) in [4.78, 5) is 15.1. The van der Waals surface area contributed by atoms with Crippen molar-refractivity contribution in [1.82, 2.24) is 10.3 Å². The number of carbonyl (C=O) groups is 1. The second-order valence-electron chi connectivity index (χ2n) is 5.03. The minimum Gasteiger partial charge on any atom is -0.387 e. The van der Waals surface area contributed by atoms with Crippen molar-refractivity contribution in [2.24, 2.45) is 0 Å². The Labute approximate surface area is 126 Å². The van der Waals surface area contributed by atoms with Gasteiger partial charge in [0.2, 0.25) is 0 Å². The summed E-state index contributed by atoms with van der Waals surface area (Å²) >= 11 is 7.45. The van der Waals surface area contributed by atoms with Crippen molar-refractivity contribution in [1.29, 1.82) is 0 Å². The van der Waals surface area contributed by atoms with E-state index in [1.54, 1.807) is 25.1 Å². The zero-order valence-electron chi connectivity index (χ0n) is 11.4. The third-order valence-electron chi connectivity index (χ3n) is 2.91. The Hall–Kier alpha value is -1.17. The number of rotatable bonds is 5. The van der Waals surface area contributed by atoms with E-state index in [-0.39, 0.29) is 12.5 Å². The molecular formula is C14H17ClN2O2S. The van der Waals surface area contributed by atoms with E-state index in [0.29, 0.717) is 16.5 Å². The lowest BCUT2D eigenvalue weighted by Gasteiger charge is -2.22. The fourth-order valence-corrected chi connectivity index (χ4v) is 2.85. The molecule has 0 aliphatic carbocycles. The second-order valence-corrected chi connectivity index (χ2v) is 6.33. The number of halogens is 1. The summed E-state index contributed by atoms with van der Waals surface area (Å²) < 4.78 is 0. The standard InChI is InChI=1S/C14H17ClN2O2S/c1-14(19,8-20-2)7-16-13(18)12-5-9-3-4-10(15)6-11(9)17-12/h3-6,17,19H,7-8H2,1-2H3,(H,16,18). The summed E-state index contributed by atoms with van der Waals surface area (Å²) in [6, 6.07) is 7.18. The Morgan fingerprint density at radius 2 is 2.25 bits per heavy atom. The summed E-state index contributed by atoms with van der Waals surface area (Å²) in [6.07, 6.45) is 1.91. The monoisotopic (exact) mass is 312 g/mol. The Kier molecular flexibility index (Phi) is 4.62. The van der Waals surface area contributed by atoms with E-state index in [2.05, 4.69) is 10.3 Å². The molecule has 108 valence electrons. The molecule has 1 unspecified atom stereocenters. The molecular weight excluding hydrogens is 296 g/mol. The number of H-pyrrole nitrogens is 1. The van der Waals surface area contributed by atoms with Gasteiger partial charge in [-0.3, -0.25) is 4.79 Å². The second kappa shape index (κ2) is 6.08. The molecule has 0 saturated carbocycles. The van der Waals surface area contributed by atoms with Gasteiger partial charge in [-0.25, -0.2) is 0 Å². The number of amides is 1. The number of benzene rings is 1. The Balaban J connectivity index is 2.08. The van der Waals surface area contributed by atoms with Crippen LogP contribution < -0.4 is 5.32 Å². The van der Waals surface area contributed by atoms with E-state index in [1.807, 2.05) is 12.3 Å². The smallest absolute Gasteiger partial charge is 0.267 e. The number of carbonyl (C=O) groups excluding carboxylic acids is 1. The number of aromatic nitrogens is 1. The van der Waals surface area contributed by atoms with Crippen LogP contribution in [-0.4, -0.2) is 40.2 Å². The van der Waals surface area contributed by atoms with Gasteiger partial charge in [-0.2, -0.15) is 11.8 Å². The highest BCUT2D eigenvalue weighted by Crippen LogP contribution is 2.20. The van der Waals surface area contributed by atoms with Crippen LogP contribution in [0.5, 0.6) is 0 Å². The van der Waals surface area contributed by atoms with E-state index in [4.69, 9.17) is 11.6 Å². The van der Waals surface area contributed by atoms with Crippen LogP contribution >= 0.6 is 23.4 Å². The van der Waals surface area contributed by atoms with Gasteiger partial charge in [0, 0.05) is 28.2 Å². The van der Waals surface area contributed by atoms with Gasteiger partial charge >= 0.3 is 0 Å². The fourth-order valence-electron chi connectivity index (χ4n) is 1.95. The average Bonchev–Trinajstić information content (AvgIpc) is 2.79. The van der Waals surface area contributed by atoms with E-state index >= 15 is 0 Å². The maximum absolute atomic E-state index is 12.1. The fraction of sp³-hybridized carbons (Fsp3) is 0.357. The van der Waals surface area contributed by atoms with Gasteiger partial charge in [0.1, 0.15) is 5.69 Å². The van der Waals surface area contributed by atoms with Crippen LogP contribution in [0.3, 0.4) is 0 Å². The Bertz CT molecular complexity index is 625. The van der Waals surface area contributed by atoms with Crippen LogP contribution in [-0.2, 0) is 0 Å². The maximum atomic E-state index is 12.1. The van der Waals surface area contributed by atoms with Crippen molar-refractivity contribution in [3.63, 3.8) is 0 Å². The highest BCUT2D eigenvalue weighted by atomic mass is 35.5. The molecule has 2 rings (SSSR count). The summed E-state index contributed by atoms with van der Waals surface area (Å²) in [5, 5.41) is 14.3. The molecule has 0 saturated heterocycles. The van der Waals surface area contributed by atoms with Crippen LogP contribution in [0.2, 0.25) is 5.02 Å². The van der Waals surface area contributed by atoms with Crippen molar-refractivity contribution >= 4 is 40.2 Å².